The molecule has 4 aromatic heterocycles. The summed E-state index contributed by atoms with van der Waals surface area (Å²) in [7, 11) is 3.19. The summed E-state index contributed by atoms with van der Waals surface area (Å²) in [6, 6.07) is 10.8. The van der Waals surface area contributed by atoms with Crippen LogP contribution in [0.1, 0.15) is 0 Å². The molecule has 0 aliphatic rings. The molecule has 4 heterocycles. The molecule has 10 heteroatoms. The van der Waals surface area contributed by atoms with Gasteiger partial charge in [-0.3, -0.25) is 15.0 Å². The maximum absolute atomic E-state index is 6.34. The van der Waals surface area contributed by atoms with Gasteiger partial charge in [-0.2, -0.15) is 0 Å². The lowest BCUT2D eigenvalue weighted by Crippen LogP contribution is -2.34. The van der Waals surface area contributed by atoms with Crippen LogP contribution in [0.5, 0.6) is 23.0 Å². The molecule has 0 amide bonds. The smallest absolute Gasteiger partial charge is 0.162 e. The van der Waals surface area contributed by atoms with E-state index in [1.54, 1.807) is 51.3 Å². The molecule has 0 aliphatic carbocycles. The molecular formula is C27H26N6O4. The minimum absolute atomic E-state index is 0.247. The first-order valence-electron chi connectivity index (χ1n) is 11.5. The predicted octanol–water partition coefficient (Wildman–Crippen LogP) is 3.62. The van der Waals surface area contributed by atoms with Crippen LogP contribution < -0.4 is 30.4 Å². The van der Waals surface area contributed by atoms with E-state index in [0.717, 1.165) is 27.2 Å². The van der Waals surface area contributed by atoms with Crippen LogP contribution in [0.2, 0.25) is 0 Å². The van der Waals surface area contributed by atoms with Gasteiger partial charge in [-0.1, -0.05) is 0 Å². The number of fused-ring (bicyclic) bond motifs is 3. The van der Waals surface area contributed by atoms with Gasteiger partial charge in [0.05, 0.1) is 43.9 Å². The van der Waals surface area contributed by atoms with E-state index in [1.165, 1.54) is 0 Å². The Morgan fingerprint density at radius 1 is 0.811 bits per heavy atom. The van der Waals surface area contributed by atoms with Gasteiger partial charge in [0.15, 0.2) is 11.5 Å². The third-order valence-corrected chi connectivity index (χ3v) is 5.78. The molecule has 0 spiro atoms. The van der Waals surface area contributed by atoms with Gasteiger partial charge in [0.1, 0.15) is 30.5 Å². The molecule has 37 heavy (non-hydrogen) atoms. The van der Waals surface area contributed by atoms with Crippen molar-refractivity contribution < 1.29 is 18.9 Å². The lowest BCUT2D eigenvalue weighted by Gasteiger charge is -2.15. The molecule has 5 rings (SSSR count). The number of nitrogens with zero attached hydrogens (tertiary/aromatic N) is 4. The minimum atomic E-state index is -0.343. The van der Waals surface area contributed by atoms with E-state index in [4.69, 9.17) is 30.4 Å². The molecule has 1 atom stereocenters. The molecule has 0 aliphatic heterocycles. The van der Waals surface area contributed by atoms with Crippen molar-refractivity contribution in [1.82, 2.24) is 19.9 Å². The second kappa shape index (κ2) is 10.5. The Morgan fingerprint density at radius 2 is 1.57 bits per heavy atom. The zero-order chi connectivity index (χ0) is 25.8. The van der Waals surface area contributed by atoms with Crippen LogP contribution in [0.4, 0.5) is 5.82 Å². The average Bonchev–Trinajstić information content (AvgIpc) is 2.94. The van der Waals surface area contributed by atoms with Gasteiger partial charge >= 0.3 is 0 Å². The van der Waals surface area contributed by atoms with E-state index in [9.17, 15) is 0 Å². The number of aromatic nitrogens is 4. The molecule has 0 fully saturated rings. The minimum Gasteiger partial charge on any atom is -0.493 e. The maximum Gasteiger partial charge on any atom is 0.162 e. The monoisotopic (exact) mass is 498 g/mol. The fourth-order valence-electron chi connectivity index (χ4n) is 3.93. The molecular weight excluding hydrogens is 472 g/mol. The summed E-state index contributed by atoms with van der Waals surface area (Å²) in [6.07, 6.45) is 8.36. The summed E-state index contributed by atoms with van der Waals surface area (Å²) in [4.78, 5) is 17.5. The van der Waals surface area contributed by atoms with Gasteiger partial charge in [0, 0.05) is 41.0 Å². The van der Waals surface area contributed by atoms with E-state index in [1.807, 2.05) is 30.3 Å². The zero-order valence-corrected chi connectivity index (χ0v) is 20.4. The third-order valence-electron chi connectivity index (χ3n) is 5.78. The number of benzene rings is 1. The van der Waals surface area contributed by atoms with E-state index in [0.29, 0.717) is 34.5 Å². The first-order valence-corrected chi connectivity index (χ1v) is 11.5. The first kappa shape index (κ1) is 24.0. The van der Waals surface area contributed by atoms with Crippen molar-refractivity contribution in [1.29, 1.82) is 0 Å². The Labute approximate surface area is 213 Å². The van der Waals surface area contributed by atoms with Crippen molar-refractivity contribution in [3.63, 3.8) is 0 Å². The summed E-state index contributed by atoms with van der Waals surface area (Å²) >= 11 is 0. The predicted molar refractivity (Wildman–Crippen MR) is 141 cm³/mol. The number of methoxy groups -OCH3 is 2. The van der Waals surface area contributed by atoms with Crippen molar-refractivity contribution in [3.05, 3.63) is 67.4 Å². The number of hydrogen-bond acceptors (Lipinski definition) is 10. The highest BCUT2D eigenvalue weighted by Gasteiger charge is 2.14. The molecule has 0 bridgehead atoms. The van der Waals surface area contributed by atoms with E-state index in [-0.39, 0.29) is 19.3 Å². The molecule has 0 radical (unpaired) electrons. The molecule has 4 N–H and O–H groups in total. The van der Waals surface area contributed by atoms with Crippen molar-refractivity contribution in [2.75, 3.05) is 33.2 Å². The molecule has 5 aromatic rings. The summed E-state index contributed by atoms with van der Waals surface area (Å²) in [5.41, 5.74) is 14.6. The van der Waals surface area contributed by atoms with E-state index >= 15 is 0 Å². The highest BCUT2D eigenvalue weighted by atomic mass is 16.5. The first-order chi connectivity index (χ1) is 18.1. The highest BCUT2D eigenvalue weighted by Crippen LogP contribution is 2.37. The molecule has 0 saturated carbocycles. The standard InChI is InChI=1S/C27H26N6O4/c1-34-25-8-21-20-7-23(33-27(29)22(20)13-32-24(21)9-26(25)35-2)16-6-19(12-31-10-16)37-15-17(28)14-36-18-4-3-5-30-11-18/h3-13,17H,14-15,28H2,1-2H3,(H2,29,33)/t17-/m1/s1. The van der Waals surface area contributed by atoms with Gasteiger partial charge in [-0.15, -0.1) is 0 Å². The van der Waals surface area contributed by atoms with Crippen LogP contribution in [0.25, 0.3) is 32.9 Å². The fourth-order valence-corrected chi connectivity index (χ4v) is 3.93. The van der Waals surface area contributed by atoms with Gasteiger partial charge in [-0.05, 0) is 35.7 Å². The maximum atomic E-state index is 6.34. The molecule has 1 aromatic carbocycles. The van der Waals surface area contributed by atoms with Crippen LogP contribution in [0.15, 0.2) is 67.4 Å². The molecule has 0 unspecified atom stereocenters. The highest BCUT2D eigenvalue weighted by molar-refractivity contribution is 6.10. The van der Waals surface area contributed by atoms with Crippen LogP contribution in [-0.4, -0.2) is 53.4 Å². The van der Waals surface area contributed by atoms with Gasteiger partial charge in [-0.25, -0.2) is 4.98 Å². The second-order valence-corrected chi connectivity index (χ2v) is 8.32. The normalized spacial score (nSPS) is 11.9. The van der Waals surface area contributed by atoms with Crippen LogP contribution >= 0.6 is 0 Å². The summed E-state index contributed by atoms with van der Waals surface area (Å²) in [5, 5.41) is 2.49. The zero-order valence-electron chi connectivity index (χ0n) is 20.4. The SMILES string of the molecule is COc1cc2ncc3c(N)nc(-c4cncc(OC[C@H](N)COc5cccnc5)c4)cc3c2cc1OC. The Morgan fingerprint density at radius 3 is 2.32 bits per heavy atom. The second-order valence-electron chi connectivity index (χ2n) is 8.32. The molecule has 188 valence electrons. The summed E-state index contributed by atoms with van der Waals surface area (Å²) in [5.74, 6) is 2.77. The van der Waals surface area contributed by atoms with E-state index in [2.05, 4.69) is 19.9 Å². The van der Waals surface area contributed by atoms with Crippen molar-refractivity contribution in [2.45, 2.75) is 6.04 Å². The molecule has 10 nitrogen and oxygen atoms in total. The van der Waals surface area contributed by atoms with Crippen LogP contribution in [-0.2, 0) is 0 Å². The Bertz CT molecular complexity index is 1550. The summed E-state index contributed by atoms with van der Waals surface area (Å²) in [6.45, 7) is 0.535. The Balaban J connectivity index is 1.40. The Kier molecular flexibility index (Phi) is 6.82. The van der Waals surface area contributed by atoms with Gasteiger partial charge < -0.3 is 30.4 Å². The fraction of sp³-hybridized carbons (Fsp3) is 0.185. The lowest BCUT2D eigenvalue weighted by molar-refractivity contribution is 0.219. The van der Waals surface area contributed by atoms with Gasteiger partial charge in [0.2, 0.25) is 0 Å². The number of hydrogen-bond donors (Lipinski definition) is 2. The van der Waals surface area contributed by atoms with E-state index < -0.39 is 0 Å². The lowest BCUT2D eigenvalue weighted by atomic mass is 10.0. The average molecular weight is 499 g/mol. The number of nitrogens with two attached hydrogens (primary N) is 2. The number of anilines is 1. The number of nitrogen functional groups attached to an aromatic ring is 1. The number of pyridine rings is 4. The van der Waals surface area contributed by atoms with Crippen molar-refractivity contribution in [3.8, 4) is 34.3 Å². The summed E-state index contributed by atoms with van der Waals surface area (Å²) < 4.78 is 22.4. The van der Waals surface area contributed by atoms with Crippen molar-refractivity contribution in [2.24, 2.45) is 5.73 Å². The van der Waals surface area contributed by atoms with Crippen molar-refractivity contribution >= 4 is 27.5 Å². The van der Waals surface area contributed by atoms with Crippen LogP contribution in [0.3, 0.4) is 0 Å². The topological polar surface area (TPSA) is 141 Å². The quantitative estimate of drug-likeness (QED) is 0.289. The third kappa shape index (κ3) is 5.14. The molecule has 0 saturated heterocycles. The van der Waals surface area contributed by atoms with Crippen LogP contribution in [0, 0.1) is 0 Å². The number of ether oxygens (including phenoxy) is 4. The largest absolute Gasteiger partial charge is 0.493 e. The van der Waals surface area contributed by atoms with Gasteiger partial charge in [0.25, 0.3) is 0 Å². The Hall–Kier alpha value is -4.70. The number of rotatable bonds is 9.